The number of halogens is 2. The predicted octanol–water partition coefficient (Wildman–Crippen LogP) is 2.73. The van der Waals surface area contributed by atoms with Crippen LogP contribution in [0.25, 0.3) is 0 Å². The van der Waals surface area contributed by atoms with E-state index >= 15 is 0 Å². The third kappa shape index (κ3) is 7.40. The highest BCUT2D eigenvalue weighted by Gasteiger charge is 2.24. The molecule has 1 saturated heterocycles. The number of carbonyl (C=O) groups is 1. The number of aliphatic imine (C=N–C) groups is 1. The van der Waals surface area contributed by atoms with E-state index in [1.54, 1.807) is 14.2 Å². The third-order valence-electron chi connectivity index (χ3n) is 4.21. The van der Waals surface area contributed by atoms with Gasteiger partial charge in [0.25, 0.3) is 5.91 Å². The number of methoxy groups -OCH3 is 1. The molecule has 0 aromatic heterocycles. The van der Waals surface area contributed by atoms with Crippen molar-refractivity contribution in [3.05, 3.63) is 34.3 Å². The van der Waals surface area contributed by atoms with Crippen molar-refractivity contribution in [2.75, 3.05) is 46.9 Å². The molecule has 0 aliphatic carbocycles. The van der Waals surface area contributed by atoms with Crippen LogP contribution in [0.2, 0.25) is 0 Å². The van der Waals surface area contributed by atoms with E-state index in [0.29, 0.717) is 18.0 Å². The minimum Gasteiger partial charge on any atom is -0.384 e. The maximum absolute atomic E-state index is 12.1. The molecule has 1 unspecified atom stereocenters. The molecule has 1 amide bonds. The van der Waals surface area contributed by atoms with Crippen LogP contribution in [0.15, 0.2) is 33.7 Å². The number of carbonyl (C=O) groups excluding carboxylic acids is 1. The van der Waals surface area contributed by atoms with E-state index < -0.39 is 0 Å². The zero-order valence-corrected chi connectivity index (χ0v) is 19.2. The largest absolute Gasteiger partial charge is 0.384 e. The molecule has 2 rings (SSSR count). The topological polar surface area (TPSA) is 66.0 Å². The number of hydrogen-bond acceptors (Lipinski definition) is 3. The van der Waals surface area contributed by atoms with Gasteiger partial charge in [-0.15, -0.1) is 24.0 Å². The monoisotopic (exact) mass is 538 g/mol. The number of nitrogens with one attached hydrogen (secondary N) is 2. The van der Waals surface area contributed by atoms with Crippen LogP contribution in [0, 0.1) is 5.92 Å². The van der Waals surface area contributed by atoms with E-state index in [1.807, 2.05) is 24.3 Å². The molecular weight excluding hydrogens is 511 g/mol. The highest BCUT2D eigenvalue weighted by Crippen LogP contribution is 2.16. The van der Waals surface area contributed by atoms with Crippen LogP contribution in [0.5, 0.6) is 0 Å². The highest BCUT2D eigenvalue weighted by molar-refractivity contribution is 14.0. The van der Waals surface area contributed by atoms with Crippen molar-refractivity contribution in [2.45, 2.75) is 12.8 Å². The molecule has 1 heterocycles. The van der Waals surface area contributed by atoms with E-state index in [-0.39, 0.29) is 29.9 Å². The number of ether oxygens (including phenoxy) is 1. The molecule has 8 heteroatoms. The molecule has 1 atom stereocenters. The summed E-state index contributed by atoms with van der Waals surface area (Å²) in [4.78, 5) is 18.7. The van der Waals surface area contributed by atoms with Crippen LogP contribution in [-0.4, -0.2) is 63.7 Å². The molecule has 26 heavy (non-hydrogen) atoms. The fraction of sp³-hybridized carbons (Fsp3) is 0.556. The van der Waals surface area contributed by atoms with Crippen molar-refractivity contribution in [1.82, 2.24) is 15.5 Å². The average molecular weight is 539 g/mol. The second kappa shape index (κ2) is 12.5. The SMILES string of the molecule is CN=C(NCCCNC(=O)c1cccc(Br)c1)N1CCC(COC)C1.I. The number of rotatable bonds is 7. The minimum absolute atomic E-state index is 0. The molecule has 0 saturated carbocycles. The molecule has 1 aromatic carbocycles. The molecule has 0 radical (unpaired) electrons. The fourth-order valence-corrected chi connectivity index (χ4v) is 3.35. The van der Waals surface area contributed by atoms with Gasteiger partial charge in [0, 0.05) is 56.3 Å². The van der Waals surface area contributed by atoms with Crippen LogP contribution >= 0.6 is 39.9 Å². The van der Waals surface area contributed by atoms with E-state index in [1.165, 1.54) is 0 Å². The van der Waals surface area contributed by atoms with Crippen LogP contribution in [-0.2, 0) is 4.74 Å². The van der Waals surface area contributed by atoms with Crippen molar-refractivity contribution in [3.63, 3.8) is 0 Å². The Bertz CT molecular complexity index is 600. The predicted molar refractivity (Wildman–Crippen MR) is 119 cm³/mol. The summed E-state index contributed by atoms with van der Waals surface area (Å²) in [7, 11) is 3.55. The first kappa shape index (κ1) is 23.2. The van der Waals surface area contributed by atoms with E-state index in [9.17, 15) is 4.79 Å². The zero-order chi connectivity index (χ0) is 18.1. The molecular formula is C18H28BrIN4O2. The van der Waals surface area contributed by atoms with Crippen LogP contribution in [0.4, 0.5) is 0 Å². The summed E-state index contributed by atoms with van der Waals surface area (Å²) < 4.78 is 6.14. The highest BCUT2D eigenvalue weighted by atomic mass is 127. The van der Waals surface area contributed by atoms with E-state index in [2.05, 4.69) is 36.5 Å². The van der Waals surface area contributed by atoms with E-state index in [0.717, 1.165) is 49.5 Å². The Morgan fingerprint density at radius 3 is 2.85 bits per heavy atom. The van der Waals surface area contributed by atoms with Gasteiger partial charge in [-0.1, -0.05) is 22.0 Å². The number of hydrogen-bond donors (Lipinski definition) is 2. The van der Waals surface area contributed by atoms with Gasteiger partial charge in [-0.2, -0.15) is 0 Å². The number of nitrogens with zero attached hydrogens (tertiary/aromatic N) is 2. The lowest BCUT2D eigenvalue weighted by Crippen LogP contribution is -2.41. The summed E-state index contributed by atoms with van der Waals surface area (Å²) in [5.74, 6) is 1.46. The molecule has 1 aliphatic heterocycles. The Labute approximate surface area is 181 Å². The standard InChI is InChI=1S/C18H27BrN4O2.HI/c1-20-18(23-10-7-14(12-23)13-25-2)22-9-4-8-21-17(24)15-5-3-6-16(19)11-15;/h3,5-6,11,14H,4,7-10,12-13H2,1-2H3,(H,20,22)(H,21,24);1H. The zero-order valence-electron chi connectivity index (χ0n) is 15.3. The van der Waals surface area contributed by atoms with Gasteiger partial charge in [0.2, 0.25) is 0 Å². The summed E-state index contributed by atoms with van der Waals surface area (Å²) in [6.45, 7) is 4.19. The molecule has 0 spiro atoms. The smallest absolute Gasteiger partial charge is 0.251 e. The van der Waals surface area contributed by atoms with Crippen molar-refractivity contribution in [3.8, 4) is 0 Å². The molecule has 0 bridgehead atoms. The number of benzene rings is 1. The lowest BCUT2D eigenvalue weighted by atomic mass is 10.1. The summed E-state index contributed by atoms with van der Waals surface area (Å²) in [6, 6.07) is 7.39. The van der Waals surface area contributed by atoms with Gasteiger partial charge in [-0.3, -0.25) is 9.79 Å². The average Bonchev–Trinajstić information content (AvgIpc) is 3.06. The third-order valence-corrected chi connectivity index (χ3v) is 4.70. The van der Waals surface area contributed by atoms with Gasteiger partial charge in [0.1, 0.15) is 0 Å². The lowest BCUT2D eigenvalue weighted by Gasteiger charge is -2.21. The normalized spacial score (nSPS) is 17.0. The number of likely N-dealkylation sites (tertiary alicyclic amines) is 1. The van der Waals surface area contributed by atoms with Crippen molar-refractivity contribution in [2.24, 2.45) is 10.9 Å². The number of amides is 1. The molecule has 2 N–H and O–H groups in total. The number of guanidine groups is 1. The van der Waals surface area contributed by atoms with Gasteiger partial charge < -0.3 is 20.3 Å². The fourth-order valence-electron chi connectivity index (χ4n) is 2.95. The van der Waals surface area contributed by atoms with Crippen molar-refractivity contribution in [1.29, 1.82) is 0 Å². The van der Waals surface area contributed by atoms with Crippen LogP contribution in [0.1, 0.15) is 23.2 Å². The maximum atomic E-state index is 12.1. The Morgan fingerprint density at radius 1 is 1.38 bits per heavy atom. The Balaban J connectivity index is 0.00000338. The molecule has 1 aromatic rings. The van der Waals surface area contributed by atoms with Gasteiger partial charge in [-0.05, 0) is 31.0 Å². The molecule has 146 valence electrons. The minimum atomic E-state index is -0.0485. The first-order valence-electron chi connectivity index (χ1n) is 8.62. The van der Waals surface area contributed by atoms with Crippen LogP contribution in [0.3, 0.4) is 0 Å². The van der Waals surface area contributed by atoms with Crippen molar-refractivity contribution >= 4 is 51.8 Å². The van der Waals surface area contributed by atoms with Gasteiger partial charge in [0.15, 0.2) is 5.96 Å². The van der Waals surface area contributed by atoms with Gasteiger partial charge in [-0.25, -0.2) is 0 Å². The Hall–Kier alpha value is -0.870. The van der Waals surface area contributed by atoms with Gasteiger partial charge in [0.05, 0.1) is 6.61 Å². The first-order valence-corrected chi connectivity index (χ1v) is 9.41. The second-order valence-electron chi connectivity index (χ2n) is 6.15. The van der Waals surface area contributed by atoms with Crippen molar-refractivity contribution < 1.29 is 9.53 Å². The van der Waals surface area contributed by atoms with Gasteiger partial charge >= 0.3 is 0 Å². The second-order valence-corrected chi connectivity index (χ2v) is 7.07. The molecule has 6 nitrogen and oxygen atoms in total. The maximum Gasteiger partial charge on any atom is 0.251 e. The summed E-state index contributed by atoms with van der Waals surface area (Å²) in [6.07, 6.45) is 1.98. The molecule has 1 aliphatic rings. The summed E-state index contributed by atoms with van der Waals surface area (Å²) >= 11 is 3.38. The quantitative estimate of drug-likeness (QED) is 0.242. The van der Waals surface area contributed by atoms with E-state index in [4.69, 9.17) is 4.74 Å². The summed E-state index contributed by atoms with van der Waals surface area (Å²) in [5.41, 5.74) is 0.666. The Morgan fingerprint density at radius 2 is 2.15 bits per heavy atom. The lowest BCUT2D eigenvalue weighted by molar-refractivity contribution is 0.0953. The first-order chi connectivity index (χ1) is 12.1. The van der Waals surface area contributed by atoms with Crippen LogP contribution < -0.4 is 10.6 Å². The molecule has 1 fully saturated rings. The summed E-state index contributed by atoms with van der Waals surface area (Å²) in [5, 5.41) is 6.31. The Kier molecular flexibility index (Phi) is 11.1.